The van der Waals surface area contributed by atoms with E-state index in [1.54, 1.807) is 0 Å². The van der Waals surface area contributed by atoms with E-state index in [1.165, 1.54) is 17.4 Å². The lowest BCUT2D eigenvalue weighted by atomic mass is 9.99. The third-order valence-electron chi connectivity index (χ3n) is 3.57. The van der Waals surface area contributed by atoms with Crippen LogP contribution >= 0.6 is 0 Å². The first kappa shape index (κ1) is 15.3. The average molecular weight is 297 g/mol. The molecular weight excluding hydrogens is 274 g/mol. The van der Waals surface area contributed by atoms with E-state index in [-0.39, 0.29) is 5.75 Å². The summed E-state index contributed by atoms with van der Waals surface area (Å²) in [5, 5.41) is 0. The number of benzene rings is 1. The van der Waals surface area contributed by atoms with Crippen LogP contribution in [0.2, 0.25) is 0 Å². The van der Waals surface area contributed by atoms with Crippen LogP contribution in [0.15, 0.2) is 18.2 Å². The Balaban J connectivity index is 1.93. The highest BCUT2D eigenvalue weighted by molar-refractivity contribution is 7.90. The molecule has 0 fully saturated rings. The molecule has 0 amide bonds. The summed E-state index contributed by atoms with van der Waals surface area (Å²) in [4.78, 5) is 2.32. The molecule has 0 unspecified atom stereocenters. The van der Waals surface area contributed by atoms with Crippen molar-refractivity contribution < 1.29 is 13.2 Å². The molecule has 1 aliphatic rings. The highest BCUT2D eigenvalue weighted by Gasteiger charge is 2.17. The van der Waals surface area contributed by atoms with Crippen molar-refractivity contribution in [2.45, 2.75) is 26.3 Å². The second-order valence-corrected chi connectivity index (χ2v) is 7.63. The number of fused-ring (bicyclic) bond motifs is 1. The third kappa shape index (κ3) is 4.49. The van der Waals surface area contributed by atoms with Gasteiger partial charge in [0.2, 0.25) is 0 Å². The Hall–Kier alpha value is -1.07. The molecule has 1 aromatic carbocycles. The van der Waals surface area contributed by atoms with Gasteiger partial charge in [-0.05, 0) is 49.6 Å². The molecule has 1 aliphatic heterocycles. The van der Waals surface area contributed by atoms with Crippen molar-refractivity contribution in [3.05, 3.63) is 29.3 Å². The largest absolute Gasteiger partial charge is 0.494 e. The van der Waals surface area contributed by atoms with Gasteiger partial charge in [0.15, 0.2) is 0 Å². The van der Waals surface area contributed by atoms with Crippen molar-refractivity contribution in [1.82, 2.24) is 4.90 Å². The molecule has 4 nitrogen and oxygen atoms in total. The van der Waals surface area contributed by atoms with E-state index < -0.39 is 9.84 Å². The molecule has 0 N–H and O–H groups in total. The first-order valence-electron chi connectivity index (χ1n) is 7.12. The van der Waals surface area contributed by atoms with E-state index in [1.807, 2.05) is 13.0 Å². The van der Waals surface area contributed by atoms with Crippen LogP contribution in [-0.4, -0.2) is 45.0 Å². The molecule has 0 radical (unpaired) electrons. The van der Waals surface area contributed by atoms with Crippen LogP contribution in [0.3, 0.4) is 0 Å². The molecule has 112 valence electrons. The zero-order valence-corrected chi connectivity index (χ0v) is 13.1. The minimum absolute atomic E-state index is 0.273. The van der Waals surface area contributed by atoms with Gasteiger partial charge in [-0.25, -0.2) is 8.42 Å². The second kappa shape index (κ2) is 6.59. The summed E-state index contributed by atoms with van der Waals surface area (Å²) in [6.07, 6.45) is 3.03. The van der Waals surface area contributed by atoms with Gasteiger partial charge in [-0.2, -0.15) is 0 Å². The zero-order valence-electron chi connectivity index (χ0n) is 12.3. The first-order valence-corrected chi connectivity index (χ1v) is 9.18. The van der Waals surface area contributed by atoms with Gasteiger partial charge in [0.05, 0.1) is 12.4 Å². The predicted octanol–water partition coefficient (Wildman–Crippen LogP) is 1.88. The maximum atomic E-state index is 11.2. The summed E-state index contributed by atoms with van der Waals surface area (Å²) >= 11 is 0. The Morgan fingerprint density at radius 3 is 2.80 bits per heavy atom. The Labute approximate surface area is 121 Å². The fourth-order valence-corrected chi connectivity index (χ4v) is 3.24. The maximum absolute atomic E-state index is 11.2. The van der Waals surface area contributed by atoms with Gasteiger partial charge in [0.1, 0.15) is 15.6 Å². The van der Waals surface area contributed by atoms with Crippen molar-refractivity contribution in [3.8, 4) is 5.75 Å². The standard InChI is InChI=1S/C15H23NO3S/c1-3-19-15-6-5-13-7-9-16(12-14(13)11-15)8-4-10-20(2,17)18/h5-6,11H,3-4,7-10,12H2,1-2H3. The summed E-state index contributed by atoms with van der Waals surface area (Å²) in [5.41, 5.74) is 2.69. The molecule has 0 aliphatic carbocycles. The van der Waals surface area contributed by atoms with Gasteiger partial charge in [0, 0.05) is 19.3 Å². The fraction of sp³-hybridized carbons (Fsp3) is 0.600. The molecule has 0 atom stereocenters. The summed E-state index contributed by atoms with van der Waals surface area (Å²) in [7, 11) is -2.85. The Morgan fingerprint density at radius 2 is 2.10 bits per heavy atom. The zero-order chi connectivity index (χ0) is 14.6. The van der Waals surface area contributed by atoms with Crippen molar-refractivity contribution >= 4 is 9.84 Å². The summed E-state index contributed by atoms with van der Waals surface area (Å²) in [5.74, 6) is 1.19. The van der Waals surface area contributed by atoms with E-state index in [9.17, 15) is 8.42 Å². The lowest BCUT2D eigenvalue weighted by molar-refractivity contribution is 0.254. The van der Waals surface area contributed by atoms with E-state index in [4.69, 9.17) is 4.74 Å². The molecule has 0 bridgehead atoms. The van der Waals surface area contributed by atoms with Gasteiger partial charge < -0.3 is 4.74 Å². The van der Waals surface area contributed by atoms with E-state index >= 15 is 0 Å². The molecule has 5 heteroatoms. The first-order chi connectivity index (χ1) is 9.48. The second-order valence-electron chi connectivity index (χ2n) is 5.37. The predicted molar refractivity (Wildman–Crippen MR) is 80.9 cm³/mol. The highest BCUT2D eigenvalue weighted by Crippen LogP contribution is 2.24. The Kier molecular flexibility index (Phi) is 5.05. The summed E-state index contributed by atoms with van der Waals surface area (Å²) < 4.78 is 27.8. The molecule has 2 rings (SSSR count). The van der Waals surface area contributed by atoms with Crippen LogP contribution in [-0.2, 0) is 22.8 Å². The van der Waals surface area contributed by atoms with Gasteiger partial charge in [-0.15, -0.1) is 0 Å². The maximum Gasteiger partial charge on any atom is 0.147 e. The normalized spacial score (nSPS) is 15.9. The van der Waals surface area contributed by atoms with Crippen molar-refractivity contribution in [1.29, 1.82) is 0 Å². The van der Waals surface area contributed by atoms with Crippen LogP contribution in [0.5, 0.6) is 5.75 Å². The molecule has 0 saturated carbocycles. The lowest BCUT2D eigenvalue weighted by Gasteiger charge is -2.29. The van der Waals surface area contributed by atoms with Crippen LogP contribution in [0, 0.1) is 0 Å². The van der Waals surface area contributed by atoms with Crippen molar-refractivity contribution in [3.63, 3.8) is 0 Å². The van der Waals surface area contributed by atoms with Crippen LogP contribution in [0.1, 0.15) is 24.5 Å². The minimum atomic E-state index is -2.85. The topological polar surface area (TPSA) is 46.6 Å². The summed E-state index contributed by atoms with van der Waals surface area (Å²) in [6, 6.07) is 6.29. The quantitative estimate of drug-likeness (QED) is 0.804. The van der Waals surface area contributed by atoms with E-state index in [0.29, 0.717) is 13.0 Å². The van der Waals surface area contributed by atoms with E-state index in [0.717, 1.165) is 31.8 Å². The smallest absolute Gasteiger partial charge is 0.147 e. The Morgan fingerprint density at radius 1 is 1.30 bits per heavy atom. The SMILES string of the molecule is CCOc1ccc2c(c1)CN(CCCS(C)(=O)=O)CC2. The molecule has 0 aromatic heterocycles. The van der Waals surface area contributed by atoms with Crippen molar-refractivity contribution in [2.24, 2.45) is 0 Å². The van der Waals surface area contributed by atoms with E-state index in [2.05, 4.69) is 17.0 Å². The lowest BCUT2D eigenvalue weighted by Crippen LogP contribution is -2.32. The average Bonchev–Trinajstić information content (AvgIpc) is 2.37. The van der Waals surface area contributed by atoms with Crippen LogP contribution < -0.4 is 4.74 Å². The summed E-state index contributed by atoms with van der Waals surface area (Å²) in [6.45, 7) is 5.39. The molecule has 1 aromatic rings. The molecule has 0 saturated heterocycles. The molecule has 0 spiro atoms. The van der Waals surface area contributed by atoms with Gasteiger partial charge in [0.25, 0.3) is 0 Å². The third-order valence-corrected chi connectivity index (χ3v) is 4.60. The molecule has 1 heterocycles. The number of ether oxygens (including phenoxy) is 1. The monoisotopic (exact) mass is 297 g/mol. The van der Waals surface area contributed by atoms with Gasteiger partial charge >= 0.3 is 0 Å². The van der Waals surface area contributed by atoms with Gasteiger partial charge in [-0.1, -0.05) is 6.07 Å². The minimum Gasteiger partial charge on any atom is -0.494 e. The highest BCUT2D eigenvalue weighted by atomic mass is 32.2. The molecule has 20 heavy (non-hydrogen) atoms. The number of sulfone groups is 1. The fourth-order valence-electron chi connectivity index (χ4n) is 2.59. The number of nitrogens with zero attached hydrogens (tertiary/aromatic N) is 1. The van der Waals surface area contributed by atoms with Crippen molar-refractivity contribution in [2.75, 3.05) is 31.7 Å². The van der Waals surface area contributed by atoms with Crippen LogP contribution in [0.4, 0.5) is 0 Å². The van der Waals surface area contributed by atoms with Gasteiger partial charge in [-0.3, -0.25) is 4.90 Å². The van der Waals surface area contributed by atoms with Crippen LogP contribution in [0.25, 0.3) is 0 Å². The number of rotatable bonds is 6. The number of hydrogen-bond donors (Lipinski definition) is 0. The Bertz CT molecular complexity index is 554. The molecular formula is C15H23NO3S. The number of hydrogen-bond acceptors (Lipinski definition) is 4.